The Morgan fingerprint density at radius 3 is 2.35 bits per heavy atom. The molecule has 0 spiro atoms. The summed E-state index contributed by atoms with van der Waals surface area (Å²) >= 11 is 0. The Kier molecular flexibility index (Phi) is 7.70. The first-order valence-electron chi connectivity index (χ1n) is 10.4. The molecular weight excluding hydrogens is 414 g/mol. The average molecular weight is 444 g/mol. The number of benzene rings is 2. The van der Waals surface area contributed by atoms with Crippen LogP contribution < -0.4 is 20.1 Å². The smallest absolute Gasteiger partial charge is 0.248 e. The number of rotatable bonds is 8. The van der Waals surface area contributed by atoms with Gasteiger partial charge in [0.2, 0.25) is 15.9 Å². The summed E-state index contributed by atoms with van der Waals surface area (Å²) in [5, 5.41) is 6.36. The lowest BCUT2D eigenvalue weighted by molar-refractivity contribution is -0.111. The number of sulfonamides is 1. The van der Waals surface area contributed by atoms with Crippen molar-refractivity contribution in [3.05, 3.63) is 54.1 Å². The number of carbonyl (C=O) groups excluding carboxylic acids is 1. The molecule has 0 heterocycles. The quantitative estimate of drug-likeness (QED) is 0.536. The summed E-state index contributed by atoms with van der Waals surface area (Å²) in [5.74, 6) is -0.0697. The predicted molar refractivity (Wildman–Crippen MR) is 124 cm³/mol. The normalized spacial score (nSPS) is 15.0. The minimum Gasteiger partial charge on any atom is -0.495 e. The van der Waals surface area contributed by atoms with Crippen LogP contribution in [0.1, 0.15) is 37.7 Å². The zero-order valence-corrected chi connectivity index (χ0v) is 18.7. The van der Waals surface area contributed by atoms with Crippen molar-refractivity contribution in [1.29, 1.82) is 0 Å². The highest BCUT2D eigenvalue weighted by Crippen LogP contribution is 2.25. The number of hydrogen-bond acceptors (Lipinski definition) is 5. The first-order chi connectivity index (χ1) is 14.9. The average Bonchev–Trinajstić information content (AvgIpc) is 2.79. The summed E-state index contributed by atoms with van der Waals surface area (Å²) in [6.07, 6.45) is 9.19. The summed E-state index contributed by atoms with van der Waals surface area (Å²) in [5.41, 5.74) is 2.31. The molecule has 1 fully saturated rings. The van der Waals surface area contributed by atoms with Gasteiger partial charge in [-0.2, -0.15) is 0 Å². The Balaban J connectivity index is 1.62. The van der Waals surface area contributed by atoms with E-state index in [-0.39, 0.29) is 16.6 Å². The molecule has 0 unspecified atom stereocenters. The first kappa shape index (κ1) is 22.8. The lowest BCUT2D eigenvalue weighted by atomic mass is 9.95. The molecule has 2 aromatic carbocycles. The monoisotopic (exact) mass is 443 g/mol. The second-order valence-electron chi connectivity index (χ2n) is 7.50. The molecule has 1 aliphatic rings. The lowest BCUT2D eigenvalue weighted by Crippen LogP contribution is -2.22. The number of methoxy groups -OCH3 is 1. The second-order valence-corrected chi connectivity index (χ2v) is 9.35. The number of amides is 1. The van der Waals surface area contributed by atoms with Crippen molar-refractivity contribution >= 4 is 33.4 Å². The molecule has 0 aromatic heterocycles. The van der Waals surface area contributed by atoms with Gasteiger partial charge in [-0.05, 0) is 67.9 Å². The fourth-order valence-electron chi connectivity index (χ4n) is 3.61. The van der Waals surface area contributed by atoms with Crippen LogP contribution in [0.3, 0.4) is 0 Å². The third kappa shape index (κ3) is 6.32. The molecule has 0 atom stereocenters. The molecule has 7 nitrogen and oxygen atoms in total. The molecule has 1 aliphatic carbocycles. The maximum absolute atomic E-state index is 12.3. The van der Waals surface area contributed by atoms with E-state index in [0.717, 1.165) is 5.69 Å². The van der Waals surface area contributed by atoms with Crippen LogP contribution in [0.2, 0.25) is 0 Å². The fourth-order valence-corrected chi connectivity index (χ4v) is 4.53. The van der Waals surface area contributed by atoms with Crippen LogP contribution in [-0.4, -0.2) is 34.5 Å². The maximum Gasteiger partial charge on any atom is 0.248 e. The number of hydrogen-bond donors (Lipinski definition) is 3. The first-order valence-corrected chi connectivity index (χ1v) is 11.9. The van der Waals surface area contributed by atoms with Crippen molar-refractivity contribution < 1.29 is 17.9 Å². The molecule has 3 rings (SSSR count). The fraction of sp³-hybridized carbons (Fsp3) is 0.348. The van der Waals surface area contributed by atoms with Gasteiger partial charge < -0.3 is 15.4 Å². The Hall–Kier alpha value is -2.84. The van der Waals surface area contributed by atoms with Gasteiger partial charge in [0.15, 0.2) is 0 Å². The summed E-state index contributed by atoms with van der Waals surface area (Å²) in [6.45, 7) is 0. The van der Waals surface area contributed by atoms with Gasteiger partial charge in [-0.3, -0.25) is 4.79 Å². The van der Waals surface area contributed by atoms with Crippen LogP contribution in [-0.2, 0) is 14.8 Å². The van der Waals surface area contributed by atoms with E-state index in [1.54, 1.807) is 18.2 Å². The zero-order valence-electron chi connectivity index (χ0n) is 17.9. The molecule has 0 aliphatic heterocycles. The molecule has 0 radical (unpaired) electrons. The van der Waals surface area contributed by atoms with Gasteiger partial charge in [0.25, 0.3) is 0 Å². The molecule has 1 saturated carbocycles. The van der Waals surface area contributed by atoms with Crippen LogP contribution in [0.4, 0.5) is 11.4 Å². The van der Waals surface area contributed by atoms with E-state index >= 15 is 0 Å². The van der Waals surface area contributed by atoms with Gasteiger partial charge in [0.05, 0.1) is 7.11 Å². The third-order valence-corrected chi connectivity index (χ3v) is 6.74. The van der Waals surface area contributed by atoms with E-state index in [9.17, 15) is 13.2 Å². The minimum absolute atomic E-state index is 0.0149. The van der Waals surface area contributed by atoms with Crippen LogP contribution in [0.15, 0.2) is 53.4 Å². The Bertz CT molecular complexity index is 1030. The van der Waals surface area contributed by atoms with Gasteiger partial charge in [-0.15, -0.1) is 0 Å². The summed E-state index contributed by atoms with van der Waals surface area (Å²) in [6, 6.07) is 12.9. The van der Waals surface area contributed by atoms with Gasteiger partial charge in [-0.25, -0.2) is 13.1 Å². The number of ether oxygens (including phenoxy) is 1. The Labute approximate surface area is 183 Å². The molecule has 31 heavy (non-hydrogen) atoms. The number of anilines is 2. The van der Waals surface area contributed by atoms with E-state index in [1.807, 2.05) is 24.3 Å². The highest BCUT2D eigenvalue weighted by Gasteiger charge is 2.17. The molecule has 8 heteroatoms. The standard InChI is InChI=1S/C23H29N3O4S/c1-24-31(28,29)22-16-17(8-14-21(22)30-2)9-15-23(27)26-20-12-10-19(11-13-20)25-18-6-4-3-5-7-18/h8-16,18,24-25H,3-7H2,1-2H3,(H,26,27)/b15-9+. The molecule has 166 valence electrons. The van der Waals surface area contributed by atoms with Crippen LogP contribution >= 0.6 is 0 Å². The summed E-state index contributed by atoms with van der Waals surface area (Å²) < 4.78 is 31.7. The van der Waals surface area contributed by atoms with Gasteiger partial charge in [0.1, 0.15) is 10.6 Å². The molecule has 1 amide bonds. The van der Waals surface area contributed by atoms with Crippen LogP contribution in [0.5, 0.6) is 5.75 Å². The van der Waals surface area contributed by atoms with Crippen molar-refractivity contribution in [2.24, 2.45) is 0 Å². The zero-order chi connectivity index (χ0) is 22.3. The van der Waals surface area contributed by atoms with Crippen molar-refractivity contribution in [3.63, 3.8) is 0 Å². The largest absolute Gasteiger partial charge is 0.495 e. The minimum atomic E-state index is -3.68. The highest BCUT2D eigenvalue weighted by atomic mass is 32.2. The topological polar surface area (TPSA) is 96.5 Å². The van der Waals surface area contributed by atoms with Crippen molar-refractivity contribution in [1.82, 2.24) is 4.72 Å². The van der Waals surface area contributed by atoms with E-state index < -0.39 is 10.0 Å². The van der Waals surface area contributed by atoms with Crippen LogP contribution in [0, 0.1) is 0 Å². The Morgan fingerprint density at radius 2 is 1.71 bits per heavy atom. The lowest BCUT2D eigenvalue weighted by Gasteiger charge is -2.23. The summed E-state index contributed by atoms with van der Waals surface area (Å²) in [7, 11) is -0.941. The highest BCUT2D eigenvalue weighted by molar-refractivity contribution is 7.89. The van der Waals surface area contributed by atoms with Gasteiger partial charge in [-0.1, -0.05) is 25.3 Å². The van der Waals surface area contributed by atoms with E-state index in [0.29, 0.717) is 17.3 Å². The second kappa shape index (κ2) is 10.5. The molecule has 2 aromatic rings. The molecule has 0 bridgehead atoms. The van der Waals surface area contributed by atoms with Gasteiger partial charge >= 0.3 is 0 Å². The number of carbonyl (C=O) groups is 1. The molecular formula is C23H29N3O4S. The van der Waals surface area contributed by atoms with Gasteiger partial charge in [0, 0.05) is 23.5 Å². The molecule has 3 N–H and O–H groups in total. The number of nitrogens with one attached hydrogen (secondary N) is 3. The SMILES string of the molecule is CNS(=O)(=O)c1cc(/C=C/C(=O)Nc2ccc(NC3CCCCC3)cc2)ccc1OC. The predicted octanol–water partition coefficient (Wildman–Crippen LogP) is 4.00. The van der Waals surface area contributed by atoms with Crippen molar-refractivity contribution in [3.8, 4) is 5.75 Å². The van der Waals surface area contributed by atoms with E-state index in [1.165, 1.54) is 58.4 Å². The van der Waals surface area contributed by atoms with E-state index in [2.05, 4.69) is 15.4 Å². The van der Waals surface area contributed by atoms with Crippen LogP contribution in [0.25, 0.3) is 6.08 Å². The van der Waals surface area contributed by atoms with Crippen molar-refractivity contribution in [2.75, 3.05) is 24.8 Å². The molecule has 0 saturated heterocycles. The van der Waals surface area contributed by atoms with E-state index in [4.69, 9.17) is 4.74 Å². The third-order valence-electron chi connectivity index (χ3n) is 5.30. The summed E-state index contributed by atoms with van der Waals surface area (Å²) in [4.78, 5) is 12.3. The van der Waals surface area contributed by atoms with Crippen molar-refractivity contribution in [2.45, 2.75) is 43.0 Å². The Morgan fingerprint density at radius 1 is 1.03 bits per heavy atom. The maximum atomic E-state index is 12.3.